The van der Waals surface area contributed by atoms with Crippen molar-refractivity contribution in [2.75, 3.05) is 26.7 Å². The van der Waals surface area contributed by atoms with Crippen LogP contribution >= 0.6 is 0 Å². The quantitative estimate of drug-likeness (QED) is 0.813. The summed E-state index contributed by atoms with van der Waals surface area (Å²) in [5.74, 6) is 0.964. The zero-order chi connectivity index (χ0) is 12.3. The largest absolute Gasteiger partial charge is 0.316 e. The molecule has 0 amide bonds. The van der Waals surface area contributed by atoms with E-state index in [1.807, 2.05) is 0 Å². The van der Waals surface area contributed by atoms with E-state index in [9.17, 15) is 0 Å². The summed E-state index contributed by atoms with van der Waals surface area (Å²) in [5, 5.41) is 3.56. The molecule has 1 atom stereocenters. The monoisotopic (exact) mass is 238 g/mol. The SMILES string of the molecule is CC1CCC(N(C)CC2(C)CCCNC2)CC1. The lowest BCUT2D eigenvalue weighted by atomic mass is 9.80. The third-order valence-electron chi connectivity index (χ3n) is 4.93. The van der Waals surface area contributed by atoms with Crippen LogP contribution in [0.5, 0.6) is 0 Å². The van der Waals surface area contributed by atoms with Gasteiger partial charge in [0.15, 0.2) is 0 Å². The first-order valence-corrected chi connectivity index (χ1v) is 7.50. The van der Waals surface area contributed by atoms with Gasteiger partial charge in [-0.05, 0) is 63.5 Å². The Morgan fingerprint density at radius 2 is 1.94 bits per heavy atom. The molecule has 0 aromatic heterocycles. The van der Waals surface area contributed by atoms with E-state index in [-0.39, 0.29) is 0 Å². The summed E-state index contributed by atoms with van der Waals surface area (Å²) in [7, 11) is 2.35. The van der Waals surface area contributed by atoms with Crippen LogP contribution in [0.25, 0.3) is 0 Å². The van der Waals surface area contributed by atoms with Gasteiger partial charge in [-0.15, -0.1) is 0 Å². The Hall–Kier alpha value is -0.0800. The summed E-state index contributed by atoms with van der Waals surface area (Å²) in [5.41, 5.74) is 0.510. The Balaban J connectivity index is 1.81. The summed E-state index contributed by atoms with van der Waals surface area (Å²) in [6, 6.07) is 0.852. The second-order valence-corrected chi connectivity index (χ2v) is 6.92. The van der Waals surface area contributed by atoms with Gasteiger partial charge >= 0.3 is 0 Å². The van der Waals surface area contributed by atoms with Gasteiger partial charge in [0.1, 0.15) is 0 Å². The van der Waals surface area contributed by atoms with E-state index < -0.39 is 0 Å². The second kappa shape index (κ2) is 5.71. The highest BCUT2D eigenvalue weighted by Crippen LogP contribution is 2.31. The van der Waals surface area contributed by atoms with Gasteiger partial charge in [0.05, 0.1) is 0 Å². The van der Waals surface area contributed by atoms with Gasteiger partial charge in [-0.2, -0.15) is 0 Å². The van der Waals surface area contributed by atoms with Crippen molar-refractivity contribution in [1.82, 2.24) is 10.2 Å². The molecule has 2 fully saturated rings. The number of piperidine rings is 1. The van der Waals surface area contributed by atoms with Crippen molar-refractivity contribution in [3.8, 4) is 0 Å². The summed E-state index contributed by atoms with van der Waals surface area (Å²) < 4.78 is 0. The van der Waals surface area contributed by atoms with Crippen LogP contribution in [0.1, 0.15) is 52.4 Å². The topological polar surface area (TPSA) is 15.3 Å². The van der Waals surface area contributed by atoms with Gasteiger partial charge in [-0.3, -0.25) is 0 Å². The molecule has 0 radical (unpaired) electrons. The van der Waals surface area contributed by atoms with Gasteiger partial charge in [0.25, 0.3) is 0 Å². The van der Waals surface area contributed by atoms with E-state index in [1.54, 1.807) is 0 Å². The Morgan fingerprint density at radius 1 is 1.24 bits per heavy atom. The van der Waals surface area contributed by atoms with E-state index >= 15 is 0 Å². The molecule has 0 spiro atoms. The summed E-state index contributed by atoms with van der Waals surface area (Å²) in [6.45, 7) is 8.57. The minimum atomic E-state index is 0.510. The van der Waals surface area contributed by atoms with Crippen LogP contribution in [0.2, 0.25) is 0 Å². The molecule has 1 saturated carbocycles. The third-order valence-corrected chi connectivity index (χ3v) is 4.93. The average Bonchev–Trinajstić information content (AvgIpc) is 2.30. The van der Waals surface area contributed by atoms with E-state index in [0.717, 1.165) is 12.0 Å². The van der Waals surface area contributed by atoms with Crippen molar-refractivity contribution in [3.63, 3.8) is 0 Å². The minimum Gasteiger partial charge on any atom is -0.316 e. The summed E-state index contributed by atoms with van der Waals surface area (Å²) >= 11 is 0. The summed E-state index contributed by atoms with van der Waals surface area (Å²) in [6.07, 6.45) is 8.45. The first-order valence-electron chi connectivity index (χ1n) is 7.50. The fourth-order valence-electron chi connectivity index (χ4n) is 3.67. The van der Waals surface area contributed by atoms with E-state index in [4.69, 9.17) is 0 Å². The molecule has 100 valence electrons. The molecule has 1 saturated heterocycles. The molecule has 1 unspecified atom stereocenters. The second-order valence-electron chi connectivity index (χ2n) is 6.92. The maximum atomic E-state index is 3.56. The fraction of sp³-hybridized carbons (Fsp3) is 1.00. The highest BCUT2D eigenvalue weighted by molar-refractivity contribution is 4.86. The van der Waals surface area contributed by atoms with Gasteiger partial charge in [0, 0.05) is 19.1 Å². The van der Waals surface area contributed by atoms with Crippen molar-refractivity contribution < 1.29 is 0 Å². The maximum Gasteiger partial charge on any atom is 0.00926 e. The van der Waals surface area contributed by atoms with Crippen LogP contribution < -0.4 is 5.32 Å². The first-order chi connectivity index (χ1) is 8.09. The third kappa shape index (κ3) is 3.69. The molecular weight excluding hydrogens is 208 g/mol. The predicted molar refractivity (Wildman–Crippen MR) is 74.3 cm³/mol. The normalized spacial score (nSPS) is 39.5. The molecule has 2 aliphatic rings. The van der Waals surface area contributed by atoms with Gasteiger partial charge in [0.2, 0.25) is 0 Å². The van der Waals surface area contributed by atoms with Crippen molar-refractivity contribution >= 4 is 0 Å². The average molecular weight is 238 g/mol. The molecule has 0 bridgehead atoms. The Labute approximate surface area is 107 Å². The lowest BCUT2D eigenvalue weighted by molar-refractivity contribution is 0.0954. The van der Waals surface area contributed by atoms with Crippen LogP contribution in [0.15, 0.2) is 0 Å². The molecule has 1 N–H and O–H groups in total. The molecule has 1 heterocycles. The zero-order valence-corrected chi connectivity index (χ0v) is 12.0. The predicted octanol–water partition coefficient (Wildman–Crippen LogP) is 2.89. The molecule has 1 aliphatic heterocycles. The van der Waals surface area contributed by atoms with Crippen LogP contribution in [-0.2, 0) is 0 Å². The van der Waals surface area contributed by atoms with Crippen molar-refractivity contribution in [3.05, 3.63) is 0 Å². The van der Waals surface area contributed by atoms with Crippen molar-refractivity contribution in [1.29, 1.82) is 0 Å². The number of hydrogen-bond acceptors (Lipinski definition) is 2. The summed E-state index contributed by atoms with van der Waals surface area (Å²) in [4.78, 5) is 2.65. The molecule has 0 aromatic carbocycles. The number of nitrogens with zero attached hydrogens (tertiary/aromatic N) is 1. The highest BCUT2D eigenvalue weighted by atomic mass is 15.1. The lowest BCUT2D eigenvalue weighted by Crippen LogP contribution is -2.48. The molecule has 2 heteroatoms. The van der Waals surface area contributed by atoms with Crippen LogP contribution in [0.3, 0.4) is 0 Å². The Bertz CT molecular complexity index is 225. The van der Waals surface area contributed by atoms with Crippen molar-refractivity contribution in [2.45, 2.75) is 58.4 Å². The molecule has 2 rings (SSSR count). The highest BCUT2D eigenvalue weighted by Gasteiger charge is 2.31. The molecule has 2 nitrogen and oxygen atoms in total. The minimum absolute atomic E-state index is 0.510. The zero-order valence-electron chi connectivity index (χ0n) is 12.0. The van der Waals surface area contributed by atoms with Gasteiger partial charge in [-0.25, -0.2) is 0 Å². The standard InChI is InChI=1S/C15H30N2/c1-13-5-7-14(8-6-13)17(3)12-15(2)9-4-10-16-11-15/h13-14,16H,4-12H2,1-3H3. The van der Waals surface area contributed by atoms with E-state index in [0.29, 0.717) is 5.41 Å². The van der Waals surface area contributed by atoms with Crippen LogP contribution in [0, 0.1) is 11.3 Å². The first kappa shape index (κ1) is 13.4. The number of nitrogens with one attached hydrogen (secondary N) is 1. The van der Waals surface area contributed by atoms with Gasteiger partial charge < -0.3 is 10.2 Å². The lowest BCUT2D eigenvalue weighted by Gasteiger charge is -2.41. The van der Waals surface area contributed by atoms with Crippen LogP contribution in [-0.4, -0.2) is 37.6 Å². The number of hydrogen-bond donors (Lipinski definition) is 1. The maximum absolute atomic E-state index is 3.56. The van der Waals surface area contributed by atoms with E-state index in [2.05, 4.69) is 31.1 Å². The smallest absolute Gasteiger partial charge is 0.00926 e. The van der Waals surface area contributed by atoms with Crippen LogP contribution in [0.4, 0.5) is 0 Å². The molecule has 0 aromatic rings. The molecule has 1 aliphatic carbocycles. The number of rotatable bonds is 3. The fourth-order valence-corrected chi connectivity index (χ4v) is 3.67. The van der Waals surface area contributed by atoms with Crippen molar-refractivity contribution in [2.24, 2.45) is 11.3 Å². The van der Waals surface area contributed by atoms with E-state index in [1.165, 1.54) is 58.2 Å². The van der Waals surface area contributed by atoms with Gasteiger partial charge in [-0.1, -0.05) is 13.8 Å². The Morgan fingerprint density at radius 3 is 2.53 bits per heavy atom. The molecular formula is C15H30N2. The molecule has 17 heavy (non-hydrogen) atoms. The Kier molecular flexibility index (Phi) is 4.48.